The summed E-state index contributed by atoms with van der Waals surface area (Å²) in [4.78, 5) is 4.93. The molecule has 224 valence electrons. The second-order valence-corrected chi connectivity index (χ2v) is 13.1. The maximum atomic E-state index is 6.41. The van der Waals surface area contributed by atoms with E-state index in [0.717, 1.165) is 50.8 Å². The van der Waals surface area contributed by atoms with Crippen molar-refractivity contribution in [1.82, 2.24) is 15.1 Å². The van der Waals surface area contributed by atoms with E-state index in [1.807, 2.05) is 20.8 Å². The Morgan fingerprint density at radius 3 is 2.54 bits per heavy atom. The number of hydrogen-bond donors (Lipinski definition) is 1. The van der Waals surface area contributed by atoms with E-state index in [-0.39, 0.29) is 11.7 Å². The third-order valence-electron chi connectivity index (χ3n) is 8.66. The summed E-state index contributed by atoms with van der Waals surface area (Å²) in [7, 11) is 4.21. The zero-order chi connectivity index (χ0) is 28.1. The van der Waals surface area contributed by atoms with Gasteiger partial charge < -0.3 is 24.4 Å². The van der Waals surface area contributed by atoms with Crippen molar-refractivity contribution >= 4 is 0 Å². The molecule has 0 bridgehead atoms. The van der Waals surface area contributed by atoms with Crippen LogP contribution < -0.4 is 5.32 Å². The first-order chi connectivity index (χ1) is 18.8. The molecule has 3 rings (SSSR count). The van der Waals surface area contributed by atoms with Gasteiger partial charge in [0.15, 0.2) is 0 Å². The van der Waals surface area contributed by atoms with Crippen LogP contribution in [0.25, 0.3) is 0 Å². The predicted molar refractivity (Wildman–Crippen MR) is 163 cm³/mol. The number of allylic oxidation sites excluding steroid dienone is 4. The minimum Gasteiger partial charge on any atom is -0.374 e. The molecule has 2 aliphatic carbocycles. The van der Waals surface area contributed by atoms with Crippen LogP contribution in [-0.2, 0) is 14.2 Å². The van der Waals surface area contributed by atoms with Gasteiger partial charge in [-0.15, -0.1) is 0 Å². The molecule has 0 aromatic heterocycles. The standard InChI is InChI=1S/C33H59N3O3/c1-7-27(17-20-35(6)25-37-26-39-33(2,3)4)24-38-32-10-8-9-29(15-16-32)30-13-11-28(12-14-30)23-36-21-18-31(34-5)19-22-36/h8,10,13,15,27-28,31-32,34H,7,9,11-12,14,16-26H2,1-6H3. The van der Waals surface area contributed by atoms with Crippen molar-refractivity contribution in [3.05, 3.63) is 35.5 Å². The van der Waals surface area contributed by atoms with E-state index in [2.05, 4.69) is 60.4 Å². The third-order valence-corrected chi connectivity index (χ3v) is 8.66. The van der Waals surface area contributed by atoms with Crippen LogP contribution >= 0.6 is 0 Å². The lowest BCUT2D eigenvalue weighted by atomic mass is 9.85. The fourth-order valence-corrected chi connectivity index (χ4v) is 5.81. The first-order valence-electron chi connectivity index (χ1n) is 15.7. The molecule has 0 spiro atoms. The topological polar surface area (TPSA) is 46.2 Å². The lowest BCUT2D eigenvalue weighted by Gasteiger charge is -2.35. The lowest BCUT2D eigenvalue weighted by Crippen LogP contribution is -2.43. The zero-order valence-electron chi connectivity index (χ0n) is 26.1. The summed E-state index contributed by atoms with van der Waals surface area (Å²) in [6.45, 7) is 15.0. The van der Waals surface area contributed by atoms with Gasteiger partial charge in [-0.05, 0) is 122 Å². The molecule has 0 amide bonds. The van der Waals surface area contributed by atoms with Gasteiger partial charge in [0.05, 0.1) is 18.3 Å². The molecule has 1 heterocycles. The molecule has 6 heteroatoms. The third kappa shape index (κ3) is 12.6. The summed E-state index contributed by atoms with van der Waals surface area (Å²) >= 11 is 0. The van der Waals surface area contributed by atoms with Crippen molar-refractivity contribution in [3.63, 3.8) is 0 Å². The van der Waals surface area contributed by atoms with Crippen LogP contribution in [0.15, 0.2) is 35.5 Å². The normalized spacial score (nSPS) is 24.5. The highest BCUT2D eigenvalue weighted by Gasteiger charge is 2.23. The van der Waals surface area contributed by atoms with Gasteiger partial charge in [-0.3, -0.25) is 4.90 Å². The van der Waals surface area contributed by atoms with Crippen LogP contribution in [0, 0.1) is 11.8 Å². The van der Waals surface area contributed by atoms with E-state index in [4.69, 9.17) is 14.2 Å². The summed E-state index contributed by atoms with van der Waals surface area (Å²) in [5.74, 6) is 1.40. The smallest absolute Gasteiger partial charge is 0.149 e. The number of hydrogen-bond acceptors (Lipinski definition) is 6. The van der Waals surface area contributed by atoms with E-state index in [0.29, 0.717) is 19.4 Å². The molecule has 39 heavy (non-hydrogen) atoms. The van der Waals surface area contributed by atoms with Crippen molar-refractivity contribution in [3.8, 4) is 0 Å². The maximum absolute atomic E-state index is 6.41. The van der Waals surface area contributed by atoms with Gasteiger partial charge in [-0.1, -0.05) is 37.6 Å². The van der Waals surface area contributed by atoms with Crippen LogP contribution in [0.3, 0.4) is 0 Å². The molecule has 0 saturated carbocycles. The lowest BCUT2D eigenvalue weighted by molar-refractivity contribution is -0.138. The fraction of sp³-hybridized carbons (Fsp3) is 0.818. The molecule has 0 radical (unpaired) electrons. The number of ether oxygens (including phenoxy) is 3. The molecule has 1 fully saturated rings. The summed E-state index contributed by atoms with van der Waals surface area (Å²) in [5, 5.41) is 3.45. The molecule has 3 unspecified atom stereocenters. The predicted octanol–water partition coefficient (Wildman–Crippen LogP) is 6.15. The summed E-state index contributed by atoms with van der Waals surface area (Å²) < 4.78 is 17.7. The molecular formula is C33H59N3O3. The van der Waals surface area contributed by atoms with Crippen molar-refractivity contribution in [2.75, 3.05) is 60.4 Å². The monoisotopic (exact) mass is 545 g/mol. The van der Waals surface area contributed by atoms with Crippen LogP contribution in [0.2, 0.25) is 0 Å². The van der Waals surface area contributed by atoms with Crippen LogP contribution in [-0.4, -0.2) is 88.0 Å². The Bertz CT molecular complexity index is 780. The highest BCUT2D eigenvalue weighted by atomic mass is 16.7. The van der Waals surface area contributed by atoms with Gasteiger partial charge in [-0.25, -0.2) is 0 Å². The van der Waals surface area contributed by atoms with Crippen LogP contribution in [0.4, 0.5) is 0 Å². The molecule has 6 nitrogen and oxygen atoms in total. The number of nitrogens with zero attached hydrogens (tertiary/aromatic N) is 2. The molecule has 1 saturated heterocycles. The first-order valence-corrected chi connectivity index (χ1v) is 15.7. The average Bonchev–Trinajstić information content (AvgIpc) is 3.17. The molecule has 0 aromatic carbocycles. The Balaban J connectivity index is 1.34. The second-order valence-electron chi connectivity index (χ2n) is 13.1. The Morgan fingerprint density at radius 1 is 1.10 bits per heavy atom. The van der Waals surface area contributed by atoms with Crippen molar-refractivity contribution in [2.24, 2.45) is 11.8 Å². The Kier molecular flexibility index (Phi) is 14.2. The summed E-state index contributed by atoms with van der Waals surface area (Å²) in [6, 6.07) is 0.723. The number of likely N-dealkylation sites (tertiary alicyclic amines) is 1. The average molecular weight is 546 g/mol. The number of nitrogens with one attached hydrogen (secondary N) is 1. The molecule has 0 aromatic rings. The van der Waals surface area contributed by atoms with Crippen molar-refractivity contribution < 1.29 is 14.2 Å². The fourth-order valence-electron chi connectivity index (χ4n) is 5.81. The Morgan fingerprint density at radius 2 is 1.87 bits per heavy atom. The molecular weight excluding hydrogens is 486 g/mol. The van der Waals surface area contributed by atoms with E-state index >= 15 is 0 Å². The Labute approximate surface area is 240 Å². The van der Waals surface area contributed by atoms with E-state index < -0.39 is 0 Å². The molecule has 1 aliphatic heterocycles. The summed E-state index contributed by atoms with van der Waals surface area (Å²) in [6.07, 6.45) is 20.6. The van der Waals surface area contributed by atoms with Gasteiger partial charge in [0, 0.05) is 19.1 Å². The molecule has 3 atom stereocenters. The zero-order valence-corrected chi connectivity index (χ0v) is 26.1. The minimum atomic E-state index is -0.161. The van der Waals surface area contributed by atoms with Gasteiger partial charge in [-0.2, -0.15) is 0 Å². The SMILES string of the molecule is CCC(CCN(C)COCOC(C)(C)C)COC1C=CCC(C2=CCC(CN3CCC(NC)CC3)CC2)=CC1. The number of rotatable bonds is 15. The molecule has 1 N–H and O–H groups in total. The maximum Gasteiger partial charge on any atom is 0.149 e. The van der Waals surface area contributed by atoms with Crippen molar-refractivity contribution in [1.29, 1.82) is 0 Å². The van der Waals surface area contributed by atoms with Gasteiger partial charge in [0.1, 0.15) is 13.5 Å². The minimum absolute atomic E-state index is 0.161. The first kappa shape index (κ1) is 32.5. The largest absolute Gasteiger partial charge is 0.374 e. The van der Waals surface area contributed by atoms with Crippen molar-refractivity contribution in [2.45, 2.75) is 103 Å². The van der Waals surface area contributed by atoms with Gasteiger partial charge >= 0.3 is 0 Å². The second kappa shape index (κ2) is 17.1. The number of piperidine rings is 1. The van der Waals surface area contributed by atoms with E-state index in [9.17, 15) is 0 Å². The van der Waals surface area contributed by atoms with Gasteiger partial charge in [0.25, 0.3) is 0 Å². The van der Waals surface area contributed by atoms with Gasteiger partial charge in [0.2, 0.25) is 0 Å². The van der Waals surface area contributed by atoms with E-state index in [1.165, 1.54) is 57.3 Å². The van der Waals surface area contributed by atoms with Crippen LogP contribution in [0.5, 0.6) is 0 Å². The quantitative estimate of drug-likeness (QED) is 0.151. The van der Waals surface area contributed by atoms with E-state index in [1.54, 1.807) is 5.57 Å². The highest BCUT2D eigenvalue weighted by molar-refractivity contribution is 5.35. The highest BCUT2D eigenvalue weighted by Crippen LogP contribution is 2.32. The summed E-state index contributed by atoms with van der Waals surface area (Å²) in [5.41, 5.74) is 2.97. The molecule has 3 aliphatic rings. The Hall–Kier alpha value is -1.02. The van der Waals surface area contributed by atoms with Crippen LogP contribution in [0.1, 0.15) is 85.5 Å².